The van der Waals surface area contributed by atoms with Crippen molar-refractivity contribution in [2.75, 3.05) is 14.2 Å². The summed E-state index contributed by atoms with van der Waals surface area (Å²) in [6.45, 7) is 2.19. The Balaban J connectivity index is 1.96. The van der Waals surface area contributed by atoms with Gasteiger partial charge in [0.2, 0.25) is 0 Å². The van der Waals surface area contributed by atoms with Crippen LogP contribution in [0.3, 0.4) is 0 Å². The Morgan fingerprint density at radius 1 is 0.960 bits per heavy atom. The molecule has 0 atom stereocenters. The van der Waals surface area contributed by atoms with Crippen LogP contribution in [0.15, 0.2) is 36.4 Å². The third-order valence-electron chi connectivity index (χ3n) is 4.83. The summed E-state index contributed by atoms with van der Waals surface area (Å²) in [5, 5.41) is 3.70. The second-order valence-electron chi connectivity index (χ2n) is 6.14. The van der Waals surface area contributed by atoms with Crippen LogP contribution in [0.4, 0.5) is 0 Å². The molecule has 0 aliphatic carbocycles. The molecule has 3 heterocycles. The van der Waals surface area contributed by atoms with Crippen LogP contribution in [0.2, 0.25) is 0 Å². The van der Waals surface area contributed by atoms with Gasteiger partial charge in [-0.25, -0.2) is 0 Å². The number of aromatic nitrogens is 2. The minimum atomic E-state index is 0.155. The second-order valence-corrected chi connectivity index (χ2v) is 8.24. The normalized spacial score (nSPS) is 11.8. The molecule has 0 radical (unpaired) electrons. The van der Waals surface area contributed by atoms with Crippen molar-refractivity contribution in [3.05, 3.63) is 42.0 Å². The zero-order valence-corrected chi connectivity index (χ0v) is 15.8. The summed E-state index contributed by atoms with van der Waals surface area (Å²) < 4.78 is 13.3. The number of nitrogens with one attached hydrogen (secondary N) is 1. The van der Waals surface area contributed by atoms with Crippen molar-refractivity contribution in [1.82, 2.24) is 9.97 Å². The van der Waals surface area contributed by atoms with Crippen LogP contribution in [-0.2, 0) is 0 Å². The summed E-state index contributed by atoms with van der Waals surface area (Å²) in [4.78, 5) is 8.48. The summed E-state index contributed by atoms with van der Waals surface area (Å²) >= 11 is 0.155. The van der Waals surface area contributed by atoms with Crippen molar-refractivity contribution >= 4 is 46.1 Å². The molecule has 124 valence electrons. The van der Waals surface area contributed by atoms with Crippen molar-refractivity contribution < 1.29 is 9.47 Å². The van der Waals surface area contributed by atoms with Crippen LogP contribution in [0.25, 0.3) is 41.7 Å². The molecule has 0 fully saturated rings. The quantitative estimate of drug-likeness (QED) is 0.452. The maximum atomic E-state index is 5.43. The molecule has 0 bridgehead atoms. The van der Waals surface area contributed by atoms with Gasteiger partial charge in [-0.15, -0.1) is 0 Å². The summed E-state index contributed by atoms with van der Waals surface area (Å²) in [6, 6.07) is 12.3. The van der Waals surface area contributed by atoms with E-state index in [-0.39, 0.29) is 14.5 Å². The van der Waals surface area contributed by atoms with Crippen molar-refractivity contribution in [3.63, 3.8) is 0 Å². The molecule has 0 unspecified atom stereocenters. The van der Waals surface area contributed by atoms with Crippen LogP contribution < -0.4 is 9.47 Å². The van der Waals surface area contributed by atoms with E-state index in [2.05, 4.69) is 30.1 Å². The first-order chi connectivity index (χ1) is 12.2. The van der Waals surface area contributed by atoms with E-state index in [4.69, 9.17) is 14.5 Å². The minimum absolute atomic E-state index is 0.155. The monoisotopic (exact) mass is 396 g/mol. The molecule has 0 amide bonds. The van der Waals surface area contributed by atoms with Crippen molar-refractivity contribution in [1.29, 1.82) is 0 Å². The van der Waals surface area contributed by atoms with Gasteiger partial charge in [0.25, 0.3) is 0 Å². The van der Waals surface area contributed by atoms with E-state index in [0.29, 0.717) is 0 Å². The number of aromatic amines is 1. The van der Waals surface area contributed by atoms with E-state index in [9.17, 15) is 0 Å². The van der Waals surface area contributed by atoms with Crippen LogP contribution in [0, 0.1) is 6.92 Å². The Labute approximate surface area is 150 Å². The molecule has 1 N–H and O–H groups in total. The molecule has 3 aromatic rings. The molecule has 4 nitrogen and oxygen atoms in total. The van der Waals surface area contributed by atoms with Gasteiger partial charge in [0.05, 0.1) is 0 Å². The first kappa shape index (κ1) is 14.8. The topological polar surface area (TPSA) is 47.1 Å². The Hall–Kier alpha value is -2.49. The summed E-state index contributed by atoms with van der Waals surface area (Å²) in [5.41, 5.74) is 4.73. The fourth-order valence-electron chi connectivity index (χ4n) is 3.60. The van der Waals surface area contributed by atoms with Gasteiger partial charge in [0, 0.05) is 0 Å². The van der Waals surface area contributed by atoms with Crippen LogP contribution in [0.1, 0.15) is 5.56 Å². The number of hydrogen-bond acceptors (Lipinski definition) is 3. The van der Waals surface area contributed by atoms with E-state index in [1.54, 1.807) is 14.2 Å². The number of nitrogens with zero attached hydrogens (tertiary/aromatic N) is 1. The summed E-state index contributed by atoms with van der Waals surface area (Å²) in [7, 11) is 3.41. The number of hydrogen-bond donors (Lipinski definition) is 1. The van der Waals surface area contributed by atoms with Gasteiger partial charge in [-0.05, 0) is 0 Å². The first-order valence-electron chi connectivity index (χ1n) is 8.06. The third-order valence-corrected chi connectivity index (χ3v) is 6.93. The van der Waals surface area contributed by atoms with Gasteiger partial charge in [-0.3, -0.25) is 0 Å². The number of H-pyrrole nitrogens is 1. The van der Waals surface area contributed by atoms with E-state index in [0.717, 1.165) is 22.5 Å². The SMILES string of the molecule is COc1ccc2nc3[se]c4[nH]c5ccc(OC)cc5c4c(C)c-3c2c1. The Bertz CT molecular complexity index is 1230. The predicted octanol–water partition coefficient (Wildman–Crippen LogP) is 4.36. The second kappa shape index (κ2) is 5.25. The Kier molecular flexibility index (Phi) is 3.11. The van der Waals surface area contributed by atoms with Gasteiger partial charge in [-0.2, -0.15) is 0 Å². The average Bonchev–Trinajstić information content (AvgIpc) is 3.18. The van der Waals surface area contributed by atoms with E-state index >= 15 is 0 Å². The maximum absolute atomic E-state index is 5.43. The number of fused-ring (bicyclic) bond motifs is 6. The van der Waals surface area contributed by atoms with Crippen molar-refractivity contribution in [3.8, 4) is 21.6 Å². The molecule has 0 saturated carbocycles. The zero-order valence-electron chi connectivity index (χ0n) is 14.1. The Morgan fingerprint density at radius 2 is 1.68 bits per heavy atom. The molecule has 0 spiro atoms. The Morgan fingerprint density at radius 3 is 2.44 bits per heavy atom. The van der Waals surface area contributed by atoms with E-state index < -0.39 is 0 Å². The number of ether oxygens (including phenoxy) is 2. The van der Waals surface area contributed by atoms with Gasteiger partial charge < -0.3 is 0 Å². The molecular formula is C20H16N2O2Se. The van der Waals surface area contributed by atoms with E-state index in [1.807, 2.05) is 18.2 Å². The summed E-state index contributed by atoms with van der Waals surface area (Å²) in [6.07, 6.45) is 0. The average molecular weight is 395 g/mol. The van der Waals surface area contributed by atoms with Crippen LogP contribution in [-0.4, -0.2) is 38.7 Å². The predicted molar refractivity (Wildman–Crippen MR) is 103 cm³/mol. The van der Waals surface area contributed by atoms with Crippen LogP contribution >= 0.6 is 0 Å². The number of methoxy groups -OCH3 is 2. The fraction of sp³-hybridized carbons (Fsp3) is 0.150. The first-order valence-corrected chi connectivity index (χ1v) is 9.77. The van der Waals surface area contributed by atoms with Gasteiger partial charge in [0.15, 0.2) is 0 Å². The molecule has 2 aliphatic rings. The number of rotatable bonds is 2. The number of aryl methyl sites for hydroxylation is 1. The number of benzene rings is 2. The van der Waals surface area contributed by atoms with Crippen molar-refractivity contribution in [2.45, 2.75) is 6.92 Å². The van der Waals surface area contributed by atoms with Gasteiger partial charge in [-0.1, -0.05) is 0 Å². The van der Waals surface area contributed by atoms with E-state index in [1.165, 1.54) is 36.2 Å². The standard InChI is InChI=1S/C20H16N2O2Se/c1-10-17-13-8-11(23-2)4-6-15(13)21-19(17)25-20-18(10)14-9-12(24-3)5-7-16(14)22-20/h4-9,21H,1-3H3. The molecule has 5 heteroatoms. The molecule has 25 heavy (non-hydrogen) atoms. The van der Waals surface area contributed by atoms with Crippen LogP contribution in [0.5, 0.6) is 11.5 Å². The fourth-order valence-corrected chi connectivity index (χ4v) is 6.18. The molecular weight excluding hydrogens is 379 g/mol. The molecule has 5 rings (SSSR count). The van der Waals surface area contributed by atoms with Gasteiger partial charge in [0.1, 0.15) is 0 Å². The molecule has 1 aromatic heterocycles. The molecule has 2 aliphatic heterocycles. The van der Waals surface area contributed by atoms with Gasteiger partial charge >= 0.3 is 150 Å². The zero-order chi connectivity index (χ0) is 17.1. The summed E-state index contributed by atoms with van der Waals surface area (Å²) in [5.74, 6) is 1.75. The molecule has 0 saturated heterocycles. The van der Waals surface area contributed by atoms with Crippen molar-refractivity contribution in [2.24, 2.45) is 0 Å². The third kappa shape index (κ3) is 2.03. The molecule has 2 aromatic carbocycles.